The van der Waals surface area contributed by atoms with Crippen LogP contribution in [-0.2, 0) is 18.9 Å². The third-order valence-corrected chi connectivity index (χ3v) is 3.88. The SMILES string of the molecule is OC1COCC1OC1CCC2(CC1)OCCO2. The van der Waals surface area contributed by atoms with Crippen LogP contribution in [0.1, 0.15) is 25.7 Å². The van der Waals surface area contributed by atoms with Gasteiger partial charge < -0.3 is 24.1 Å². The van der Waals surface area contributed by atoms with Crippen molar-refractivity contribution in [2.45, 2.75) is 49.8 Å². The van der Waals surface area contributed by atoms with Gasteiger partial charge in [-0.25, -0.2) is 0 Å². The Hall–Kier alpha value is -0.200. The van der Waals surface area contributed by atoms with Crippen molar-refractivity contribution in [2.75, 3.05) is 26.4 Å². The van der Waals surface area contributed by atoms with Crippen molar-refractivity contribution in [3.05, 3.63) is 0 Å². The van der Waals surface area contributed by atoms with Crippen molar-refractivity contribution in [2.24, 2.45) is 0 Å². The lowest BCUT2D eigenvalue weighted by Crippen LogP contribution is -2.40. The maximum Gasteiger partial charge on any atom is 0.168 e. The molecule has 0 amide bonds. The van der Waals surface area contributed by atoms with Gasteiger partial charge in [0.05, 0.1) is 32.5 Å². The Bertz CT molecular complexity index is 254. The van der Waals surface area contributed by atoms with E-state index in [4.69, 9.17) is 18.9 Å². The highest BCUT2D eigenvalue weighted by atomic mass is 16.7. The first kappa shape index (κ1) is 11.9. The first-order chi connectivity index (χ1) is 8.27. The summed E-state index contributed by atoms with van der Waals surface area (Å²) in [5.41, 5.74) is 0. The molecule has 2 heterocycles. The molecule has 2 unspecified atom stereocenters. The summed E-state index contributed by atoms with van der Waals surface area (Å²) in [4.78, 5) is 0. The second-order valence-electron chi connectivity index (χ2n) is 5.09. The molecular formula is C12H20O5. The lowest BCUT2D eigenvalue weighted by molar-refractivity contribution is -0.197. The fourth-order valence-corrected chi connectivity index (χ4v) is 2.85. The first-order valence-electron chi connectivity index (χ1n) is 6.47. The van der Waals surface area contributed by atoms with Gasteiger partial charge in [-0.3, -0.25) is 0 Å². The highest BCUT2D eigenvalue weighted by molar-refractivity contribution is 4.85. The van der Waals surface area contributed by atoms with Gasteiger partial charge in [0.25, 0.3) is 0 Å². The molecule has 5 heteroatoms. The van der Waals surface area contributed by atoms with E-state index < -0.39 is 6.10 Å². The molecule has 0 radical (unpaired) electrons. The van der Waals surface area contributed by atoms with E-state index in [-0.39, 0.29) is 18.0 Å². The molecule has 1 aliphatic carbocycles. The van der Waals surface area contributed by atoms with E-state index in [0.717, 1.165) is 25.7 Å². The Balaban J connectivity index is 1.48. The number of rotatable bonds is 2. The predicted molar refractivity (Wildman–Crippen MR) is 58.6 cm³/mol. The molecule has 2 atom stereocenters. The van der Waals surface area contributed by atoms with Gasteiger partial charge in [0.1, 0.15) is 12.2 Å². The van der Waals surface area contributed by atoms with Crippen LogP contribution in [-0.4, -0.2) is 55.6 Å². The number of ether oxygens (including phenoxy) is 4. The molecule has 0 bridgehead atoms. The Morgan fingerprint density at radius 3 is 2.35 bits per heavy atom. The summed E-state index contributed by atoms with van der Waals surface area (Å²) in [6, 6.07) is 0. The molecule has 3 rings (SSSR count). The minimum absolute atomic E-state index is 0.153. The van der Waals surface area contributed by atoms with Crippen LogP contribution < -0.4 is 0 Å². The van der Waals surface area contributed by atoms with Gasteiger partial charge in [0.15, 0.2) is 5.79 Å². The van der Waals surface area contributed by atoms with Gasteiger partial charge in [-0.1, -0.05) is 0 Å². The van der Waals surface area contributed by atoms with Crippen molar-refractivity contribution in [1.82, 2.24) is 0 Å². The lowest BCUT2D eigenvalue weighted by Gasteiger charge is -2.36. The zero-order chi connectivity index (χ0) is 11.7. The number of hydrogen-bond donors (Lipinski definition) is 1. The number of aliphatic hydroxyl groups is 1. The molecule has 1 saturated carbocycles. The normalized spacial score (nSPS) is 37.9. The molecule has 0 aromatic carbocycles. The average Bonchev–Trinajstić information content (AvgIpc) is 2.94. The Kier molecular flexibility index (Phi) is 3.36. The van der Waals surface area contributed by atoms with E-state index >= 15 is 0 Å². The molecule has 3 aliphatic rings. The van der Waals surface area contributed by atoms with Gasteiger partial charge in [-0.05, 0) is 12.8 Å². The molecule has 17 heavy (non-hydrogen) atoms. The molecule has 1 spiro atoms. The predicted octanol–water partition coefficient (Wildman–Crippen LogP) is 0.448. The Labute approximate surface area is 101 Å². The van der Waals surface area contributed by atoms with Crippen molar-refractivity contribution in [3.8, 4) is 0 Å². The summed E-state index contributed by atoms with van der Waals surface area (Å²) >= 11 is 0. The lowest BCUT2D eigenvalue weighted by atomic mass is 9.91. The maximum atomic E-state index is 9.63. The van der Waals surface area contributed by atoms with Crippen LogP contribution in [0, 0.1) is 0 Å². The summed E-state index contributed by atoms with van der Waals surface area (Å²) in [5.74, 6) is -0.329. The summed E-state index contributed by atoms with van der Waals surface area (Å²) < 4.78 is 22.4. The van der Waals surface area contributed by atoms with Gasteiger partial charge in [-0.15, -0.1) is 0 Å². The minimum Gasteiger partial charge on any atom is -0.388 e. The first-order valence-corrected chi connectivity index (χ1v) is 6.47. The van der Waals surface area contributed by atoms with Crippen LogP contribution >= 0.6 is 0 Å². The quantitative estimate of drug-likeness (QED) is 0.764. The molecule has 98 valence electrons. The number of hydrogen-bond acceptors (Lipinski definition) is 5. The van der Waals surface area contributed by atoms with E-state index in [1.54, 1.807) is 0 Å². The average molecular weight is 244 g/mol. The molecule has 2 aliphatic heterocycles. The zero-order valence-electron chi connectivity index (χ0n) is 9.97. The summed E-state index contributed by atoms with van der Waals surface area (Å²) in [5, 5.41) is 9.63. The molecule has 0 aromatic heterocycles. The third-order valence-electron chi connectivity index (χ3n) is 3.88. The van der Waals surface area contributed by atoms with Gasteiger partial charge >= 0.3 is 0 Å². The number of aliphatic hydroxyl groups excluding tert-OH is 1. The van der Waals surface area contributed by atoms with E-state index in [9.17, 15) is 5.11 Å². The highest BCUT2D eigenvalue weighted by Gasteiger charge is 2.41. The molecular weight excluding hydrogens is 224 g/mol. The highest BCUT2D eigenvalue weighted by Crippen LogP contribution is 2.37. The van der Waals surface area contributed by atoms with Gasteiger partial charge in [0.2, 0.25) is 0 Å². The summed E-state index contributed by atoms with van der Waals surface area (Å²) in [6.07, 6.45) is 3.23. The molecule has 1 N–H and O–H groups in total. The van der Waals surface area contributed by atoms with Crippen LogP contribution in [0.15, 0.2) is 0 Å². The van der Waals surface area contributed by atoms with Crippen molar-refractivity contribution < 1.29 is 24.1 Å². The van der Waals surface area contributed by atoms with E-state index in [1.165, 1.54) is 0 Å². The summed E-state index contributed by atoms with van der Waals surface area (Å²) in [6.45, 7) is 2.32. The van der Waals surface area contributed by atoms with E-state index in [0.29, 0.717) is 26.4 Å². The topological polar surface area (TPSA) is 57.2 Å². The van der Waals surface area contributed by atoms with Crippen LogP contribution in [0.4, 0.5) is 0 Å². The molecule has 3 fully saturated rings. The van der Waals surface area contributed by atoms with Crippen LogP contribution in [0.25, 0.3) is 0 Å². The standard InChI is InChI=1S/C12H20O5/c13-10-7-14-8-11(10)17-9-1-3-12(4-2-9)15-5-6-16-12/h9-11,13H,1-8H2. The minimum atomic E-state index is -0.468. The zero-order valence-corrected chi connectivity index (χ0v) is 9.97. The summed E-state index contributed by atoms with van der Waals surface area (Å²) in [7, 11) is 0. The molecule has 0 aromatic rings. The fourth-order valence-electron chi connectivity index (χ4n) is 2.85. The smallest absolute Gasteiger partial charge is 0.168 e. The Morgan fingerprint density at radius 2 is 1.76 bits per heavy atom. The Morgan fingerprint density at radius 1 is 1.06 bits per heavy atom. The van der Waals surface area contributed by atoms with Crippen LogP contribution in [0.2, 0.25) is 0 Å². The van der Waals surface area contributed by atoms with Crippen molar-refractivity contribution in [1.29, 1.82) is 0 Å². The van der Waals surface area contributed by atoms with Gasteiger partial charge in [0, 0.05) is 12.8 Å². The van der Waals surface area contributed by atoms with E-state index in [2.05, 4.69) is 0 Å². The molecule has 5 nitrogen and oxygen atoms in total. The maximum absolute atomic E-state index is 9.63. The fraction of sp³-hybridized carbons (Fsp3) is 1.00. The van der Waals surface area contributed by atoms with E-state index in [1.807, 2.05) is 0 Å². The van der Waals surface area contributed by atoms with Crippen molar-refractivity contribution in [3.63, 3.8) is 0 Å². The molecule has 2 saturated heterocycles. The second-order valence-corrected chi connectivity index (χ2v) is 5.09. The third kappa shape index (κ3) is 2.48. The monoisotopic (exact) mass is 244 g/mol. The second kappa shape index (κ2) is 4.82. The van der Waals surface area contributed by atoms with Crippen molar-refractivity contribution >= 4 is 0 Å². The van der Waals surface area contributed by atoms with Gasteiger partial charge in [-0.2, -0.15) is 0 Å². The van der Waals surface area contributed by atoms with Crippen LogP contribution in [0.3, 0.4) is 0 Å². The largest absolute Gasteiger partial charge is 0.388 e. The van der Waals surface area contributed by atoms with Crippen LogP contribution in [0.5, 0.6) is 0 Å².